The van der Waals surface area contributed by atoms with Crippen LogP contribution in [0.4, 0.5) is 0 Å². The number of hydrogen-bond acceptors (Lipinski definition) is 3. The summed E-state index contributed by atoms with van der Waals surface area (Å²) in [6.07, 6.45) is 1.18. The number of nitrogens with one attached hydrogen (secondary N) is 1. The maximum Gasteiger partial charge on any atom is 0.117 e. The van der Waals surface area contributed by atoms with E-state index in [1.54, 1.807) is 23.9 Å². The molecule has 2 rings (SSSR count). The lowest BCUT2D eigenvalue weighted by atomic mass is 10.3. The Labute approximate surface area is 92.7 Å². The van der Waals surface area contributed by atoms with E-state index in [1.807, 2.05) is 6.07 Å². The van der Waals surface area contributed by atoms with Gasteiger partial charge in [0, 0.05) is 16.7 Å². The van der Waals surface area contributed by atoms with Gasteiger partial charge in [0.1, 0.15) is 5.75 Å². The van der Waals surface area contributed by atoms with Gasteiger partial charge >= 0.3 is 0 Å². The molecule has 1 atom stereocenters. The second kappa shape index (κ2) is 4.43. The zero-order valence-corrected chi connectivity index (χ0v) is 9.24. The molecule has 4 heteroatoms. The summed E-state index contributed by atoms with van der Waals surface area (Å²) in [6.45, 7) is 2.13. The highest BCUT2D eigenvalue weighted by Gasteiger charge is 2.16. The normalized spacial score (nSPS) is 21.4. The topological polar surface area (TPSA) is 32.3 Å². The summed E-state index contributed by atoms with van der Waals surface area (Å²) in [4.78, 5) is 1.05. The van der Waals surface area contributed by atoms with Crippen molar-refractivity contribution in [1.82, 2.24) is 5.32 Å². The molecule has 0 saturated carbocycles. The Morgan fingerprint density at radius 3 is 3.00 bits per heavy atom. The molecule has 1 aliphatic rings. The molecular formula is C10H12ClNOS. The van der Waals surface area contributed by atoms with Crippen LogP contribution in [0.25, 0.3) is 0 Å². The number of benzene rings is 1. The van der Waals surface area contributed by atoms with Crippen molar-refractivity contribution in [2.45, 2.75) is 16.6 Å². The van der Waals surface area contributed by atoms with Gasteiger partial charge in [0.05, 0.1) is 5.02 Å². The number of rotatable bonds is 2. The molecule has 0 aromatic heterocycles. The van der Waals surface area contributed by atoms with E-state index in [9.17, 15) is 5.11 Å². The number of aromatic hydroxyl groups is 1. The van der Waals surface area contributed by atoms with Crippen LogP contribution in [0.15, 0.2) is 23.1 Å². The Hall–Kier alpha value is -0.380. The van der Waals surface area contributed by atoms with E-state index in [0.29, 0.717) is 10.3 Å². The lowest BCUT2D eigenvalue weighted by Gasteiger charge is -2.09. The average Bonchev–Trinajstić information content (AvgIpc) is 2.62. The van der Waals surface area contributed by atoms with E-state index in [4.69, 9.17) is 11.6 Å². The maximum absolute atomic E-state index is 9.19. The van der Waals surface area contributed by atoms with Gasteiger partial charge in [0.2, 0.25) is 0 Å². The highest BCUT2D eigenvalue weighted by molar-refractivity contribution is 8.00. The van der Waals surface area contributed by atoms with Gasteiger partial charge in [-0.25, -0.2) is 0 Å². The van der Waals surface area contributed by atoms with Gasteiger partial charge in [-0.2, -0.15) is 0 Å². The van der Waals surface area contributed by atoms with Gasteiger partial charge in [0.15, 0.2) is 0 Å². The number of phenols is 1. The van der Waals surface area contributed by atoms with Crippen molar-refractivity contribution in [2.24, 2.45) is 0 Å². The molecule has 14 heavy (non-hydrogen) atoms. The lowest BCUT2D eigenvalue weighted by Crippen LogP contribution is -2.09. The first-order valence-electron chi connectivity index (χ1n) is 4.61. The van der Waals surface area contributed by atoms with E-state index in [1.165, 1.54) is 6.42 Å². The van der Waals surface area contributed by atoms with Crippen molar-refractivity contribution in [3.05, 3.63) is 23.2 Å². The van der Waals surface area contributed by atoms with Crippen molar-refractivity contribution in [3.8, 4) is 5.75 Å². The van der Waals surface area contributed by atoms with Crippen LogP contribution in [0.3, 0.4) is 0 Å². The lowest BCUT2D eigenvalue weighted by molar-refractivity contribution is 0.475. The molecule has 1 aromatic carbocycles. The zero-order valence-electron chi connectivity index (χ0n) is 7.66. The first kappa shape index (κ1) is 10.1. The van der Waals surface area contributed by atoms with Gasteiger partial charge in [-0.3, -0.25) is 0 Å². The second-order valence-electron chi connectivity index (χ2n) is 3.35. The van der Waals surface area contributed by atoms with E-state index in [2.05, 4.69) is 5.32 Å². The molecular weight excluding hydrogens is 218 g/mol. The van der Waals surface area contributed by atoms with E-state index in [-0.39, 0.29) is 5.75 Å². The zero-order chi connectivity index (χ0) is 9.97. The van der Waals surface area contributed by atoms with Crippen LogP contribution in [0.5, 0.6) is 5.75 Å². The summed E-state index contributed by atoms with van der Waals surface area (Å²) < 4.78 is 0. The van der Waals surface area contributed by atoms with Crippen LogP contribution in [0.1, 0.15) is 6.42 Å². The largest absolute Gasteiger partial charge is 0.508 e. The monoisotopic (exact) mass is 229 g/mol. The van der Waals surface area contributed by atoms with Gasteiger partial charge in [0.25, 0.3) is 0 Å². The molecule has 1 aliphatic heterocycles. The molecule has 0 amide bonds. The third-order valence-corrected chi connectivity index (χ3v) is 3.99. The molecule has 2 N–H and O–H groups in total. The molecule has 76 valence electrons. The molecule has 1 aromatic rings. The van der Waals surface area contributed by atoms with Crippen LogP contribution in [0.2, 0.25) is 5.02 Å². The highest BCUT2D eigenvalue weighted by atomic mass is 35.5. The molecule has 0 bridgehead atoms. The SMILES string of the molecule is Oc1ccc(S[C@@H]2CCNC2)c(Cl)c1. The van der Waals surface area contributed by atoms with Crippen molar-refractivity contribution >= 4 is 23.4 Å². The van der Waals surface area contributed by atoms with Crippen LogP contribution in [-0.4, -0.2) is 23.4 Å². The fraction of sp³-hybridized carbons (Fsp3) is 0.400. The standard InChI is InChI=1S/C10H12ClNOS/c11-9-5-7(13)1-2-10(9)14-8-3-4-12-6-8/h1-2,5,8,12-13H,3-4,6H2/t8-/m1/s1. The molecule has 1 saturated heterocycles. The van der Waals surface area contributed by atoms with Crippen LogP contribution >= 0.6 is 23.4 Å². The Kier molecular flexibility index (Phi) is 3.21. The minimum absolute atomic E-state index is 0.226. The predicted molar refractivity (Wildman–Crippen MR) is 60.2 cm³/mol. The average molecular weight is 230 g/mol. The summed E-state index contributed by atoms with van der Waals surface area (Å²) in [7, 11) is 0. The predicted octanol–water partition coefficient (Wildman–Crippen LogP) is 2.50. The highest BCUT2D eigenvalue weighted by Crippen LogP contribution is 2.34. The quantitative estimate of drug-likeness (QED) is 0.818. The van der Waals surface area contributed by atoms with E-state index in [0.717, 1.165) is 18.0 Å². The first-order valence-corrected chi connectivity index (χ1v) is 5.87. The minimum Gasteiger partial charge on any atom is -0.508 e. The Bertz CT molecular complexity index is 326. The third-order valence-electron chi connectivity index (χ3n) is 2.22. The molecule has 0 unspecified atom stereocenters. The number of thioether (sulfide) groups is 1. The van der Waals surface area contributed by atoms with Crippen molar-refractivity contribution in [2.75, 3.05) is 13.1 Å². The fourth-order valence-electron chi connectivity index (χ4n) is 1.49. The van der Waals surface area contributed by atoms with Gasteiger partial charge in [-0.15, -0.1) is 11.8 Å². The van der Waals surface area contributed by atoms with E-state index >= 15 is 0 Å². The van der Waals surface area contributed by atoms with Crippen molar-refractivity contribution < 1.29 is 5.11 Å². The third kappa shape index (κ3) is 2.35. The Balaban J connectivity index is 2.08. The fourth-order valence-corrected chi connectivity index (χ4v) is 2.92. The maximum atomic E-state index is 9.19. The van der Waals surface area contributed by atoms with Crippen LogP contribution in [-0.2, 0) is 0 Å². The smallest absolute Gasteiger partial charge is 0.117 e. The minimum atomic E-state index is 0.226. The number of phenolic OH excluding ortho intramolecular Hbond substituents is 1. The first-order chi connectivity index (χ1) is 6.75. The van der Waals surface area contributed by atoms with E-state index < -0.39 is 0 Å². The Morgan fingerprint density at radius 2 is 2.36 bits per heavy atom. The molecule has 1 heterocycles. The van der Waals surface area contributed by atoms with Crippen LogP contribution < -0.4 is 5.32 Å². The Morgan fingerprint density at radius 1 is 1.50 bits per heavy atom. The summed E-state index contributed by atoms with van der Waals surface area (Å²) in [5.74, 6) is 0.226. The summed E-state index contributed by atoms with van der Waals surface area (Å²) in [6, 6.07) is 5.14. The molecule has 2 nitrogen and oxygen atoms in total. The number of hydrogen-bond donors (Lipinski definition) is 2. The molecule has 0 radical (unpaired) electrons. The van der Waals surface area contributed by atoms with Crippen LogP contribution in [0, 0.1) is 0 Å². The van der Waals surface area contributed by atoms with Crippen molar-refractivity contribution in [3.63, 3.8) is 0 Å². The second-order valence-corrected chi connectivity index (χ2v) is 5.10. The van der Waals surface area contributed by atoms with Crippen molar-refractivity contribution in [1.29, 1.82) is 0 Å². The summed E-state index contributed by atoms with van der Waals surface area (Å²) >= 11 is 7.79. The van der Waals surface area contributed by atoms with Gasteiger partial charge in [-0.05, 0) is 31.2 Å². The molecule has 0 spiro atoms. The van der Waals surface area contributed by atoms with Gasteiger partial charge < -0.3 is 10.4 Å². The summed E-state index contributed by atoms with van der Waals surface area (Å²) in [5.41, 5.74) is 0. The summed E-state index contributed by atoms with van der Waals surface area (Å²) in [5, 5.41) is 13.8. The number of halogens is 1. The van der Waals surface area contributed by atoms with Gasteiger partial charge in [-0.1, -0.05) is 11.6 Å². The molecule has 0 aliphatic carbocycles. The molecule has 1 fully saturated rings.